The maximum Gasteiger partial charge on any atom is 0.123 e. The quantitative estimate of drug-likeness (QED) is 0.784. The van der Waals surface area contributed by atoms with Gasteiger partial charge < -0.3 is 4.74 Å². The van der Waals surface area contributed by atoms with Gasteiger partial charge in [0.05, 0.1) is 29.6 Å². The summed E-state index contributed by atoms with van der Waals surface area (Å²) in [7, 11) is 0. The third-order valence-corrected chi connectivity index (χ3v) is 3.92. The Labute approximate surface area is 112 Å². The van der Waals surface area contributed by atoms with Gasteiger partial charge in [0.15, 0.2) is 0 Å². The van der Waals surface area contributed by atoms with Gasteiger partial charge in [0, 0.05) is 5.56 Å². The molecule has 100 valence electrons. The summed E-state index contributed by atoms with van der Waals surface area (Å²) in [6, 6.07) is 8.60. The minimum Gasteiger partial charge on any atom is -0.367 e. The van der Waals surface area contributed by atoms with Crippen LogP contribution in [0.15, 0.2) is 30.3 Å². The number of benzene rings is 1. The Hall–Kier alpha value is -1.68. The lowest BCUT2D eigenvalue weighted by molar-refractivity contribution is -0.0885. The smallest absolute Gasteiger partial charge is 0.123 e. The fourth-order valence-corrected chi connectivity index (χ4v) is 2.31. The monoisotopic (exact) mass is 260 g/mol. The van der Waals surface area contributed by atoms with Crippen LogP contribution in [-0.2, 0) is 11.3 Å². The van der Waals surface area contributed by atoms with E-state index in [1.807, 2.05) is 10.7 Å². The summed E-state index contributed by atoms with van der Waals surface area (Å²) in [6.07, 6.45) is 0. The van der Waals surface area contributed by atoms with Gasteiger partial charge in [-0.1, -0.05) is 0 Å². The molecule has 0 bridgehead atoms. The van der Waals surface area contributed by atoms with Crippen LogP contribution in [0.2, 0.25) is 0 Å². The summed E-state index contributed by atoms with van der Waals surface area (Å²) in [5.74, 6) is -0.231. The van der Waals surface area contributed by atoms with Gasteiger partial charge in [-0.3, -0.25) is 4.68 Å². The number of hydrogen-bond donors (Lipinski definition) is 0. The van der Waals surface area contributed by atoms with Crippen molar-refractivity contribution < 1.29 is 9.13 Å². The molecular formula is C15H17FN2O. The number of hydrogen-bond acceptors (Lipinski definition) is 2. The molecule has 2 heterocycles. The Morgan fingerprint density at radius 3 is 2.68 bits per heavy atom. The van der Waals surface area contributed by atoms with E-state index < -0.39 is 0 Å². The normalized spacial score (nSPS) is 21.2. The fourth-order valence-electron chi connectivity index (χ4n) is 2.31. The number of aromatic nitrogens is 2. The highest BCUT2D eigenvalue weighted by Gasteiger charge is 2.34. The highest BCUT2D eigenvalue weighted by Crippen LogP contribution is 2.34. The predicted molar refractivity (Wildman–Crippen MR) is 71.2 cm³/mol. The van der Waals surface area contributed by atoms with Crippen molar-refractivity contribution in [2.75, 3.05) is 0 Å². The average Bonchev–Trinajstić information content (AvgIpc) is 2.80. The second kappa shape index (κ2) is 4.17. The Kier molecular flexibility index (Phi) is 2.71. The molecule has 1 atom stereocenters. The molecule has 19 heavy (non-hydrogen) atoms. The molecule has 0 saturated carbocycles. The minimum atomic E-state index is -0.231. The van der Waals surface area contributed by atoms with E-state index in [9.17, 15) is 4.39 Å². The largest absolute Gasteiger partial charge is 0.367 e. The molecule has 0 radical (unpaired) electrons. The van der Waals surface area contributed by atoms with Gasteiger partial charge in [0.2, 0.25) is 0 Å². The van der Waals surface area contributed by atoms with Crippen LogP contribution in [0.4, 0.5) is 4.39 Å². The molecule has 3 nitrogen and oxygen atoms in total. The van der Waals surface area contributed by atoms with Crippen molar-refractivity contribution in [1.29, 1.82) is 0 Å². The first-order valence-electron chi connectivity index (χ1n) is 6.46. The topological polar surface area (TPSA) is 27.1 Å². The molecule has 1 aromatic carbocycles. The number of fused-ring (bicyclic) bond motifs is 1. The Balaban J connectivity index is 2.01. The lowest BCUT2D eigenvalue weighted by atomic mass is 9.99. The van der Waals surface area contributed by atoms with Gasteiger partial charge in [-0.25, -0.2) is 4.39 Å². The summed E-state index contributed by atoms with van der Waals surface area (Å²) in [5.41, 5.74) is 2.63. The van der Waals surface area contributed by atoms with Crippen LogP contribution < -0.4 is 0 Å². The highest BCUT2D eigenvalue weighted by molar-refractivity contribution is 5.59. The Morgan fingerprint density at radius 2 is 2.00 bits per heavy atom. The second-order valence-electron chi connectivity index (χ2n) is 5.54. The summed E-state index contributed by atoms with van der Waals surface area (Å²) in [6.45, 7) is 6.80. The van der Waals surface area contributed by atoms with Crippen LogP contribution in [0, 0.1) is 5.82 Å². The van der Waals surface area contributed by atoms with Crippen molar-refractivity contribution in [3.63, 3.8) is 0 Å². The number of nitrogens with zero attached hydrogens (tertiary/aromatic N) is 2. The van der Waals surface area contributed by atoms with Gasteiger partial charge in [0.1, 0.15) is 5.82 Å². The Bertz CT molecular complexity index is 601. The molecule has 0 amide bonds. The standard InChI is InChI=1S/C15H17FN2O/c1-10-15(2,3)19-9-13-8-14(17-18(10)13)11-4-6-12(16)7-5-11/h4-8,10H,9H2,1-3H3. The van der Waals surface area contributed by atoms with E-state index in [2.05, 4.69) is 25.9 Å². The van der Waals surface area contributed by atoms with Crippen molar-refractivity contribution in [1.82, 2.24) is 9.78 Å². The second-order valence-corrected chi connectivity index (χ2v) is 5.54. The fraction of sp³-hybridized carbons (Fsp3) is 0.400. The average molecular weight is 260 g/mol. The maximum atomic E-state index is 12.9. The summed E-state index contributed by atoms with van der Waals surface area (Å²) in [4.78, 5) is 0. The molecule has 2 aromatic rings. The SMILES string of the molecule is CC1n2nc(-c3ccc(F)cc3)cc2COC1(C)C. The van der Waals surface area contributed by atoms with E-state index in [0.29, 0.717) is 6.61 Å². The zero-order chi connectivity index (χ0) is 13.6. The molecule has 1 aromatic heterocycles. The van der Waals surface area contributed by atoms with Crippen molar-refractivity contribution in [2.24, 2.45) is 0 Å². The third kappa shape index (κ3) is 2.06. The van der Waals surface area contributed by atoms with Crippen LogP contribution in [0.5, 0.6) is 0 Å². The van der Waals surface area contributed by atoms with E-state index in [1.54, 1.807) is 12.1 Å². The summed E-state index contributed by atoms with van der Waals surface area (Å²) < 4.78 is 20.8. The van der Waals surface area contributed by atoms with Crippen molar-refractivity contribution in [3.05, 3.63) is 41.8 Å². The van der Waals surface area contributed by atoms with Gasteiger partial charge in [-0.05, 0) is 51.1 Å². The first kappa shape index (κ1) is 12.4. The molecule has 0 aliphatic carbocycles. The van der Waals surface area contributed by atoms with E-state index in [0.717, 1.165) is 17.0 Å². The van der Waals surface area contributed by atoms with Crippen LogP contribution in [0.25, 0.3) is 11.3 Å². The summed E-state index contributed by atoms with van der Waals surface area (Å²) >= 11 is 0. The molecule has 1 aliphatic heterocycles. The maximum absolute atomic E-state index is 12.9. The summed E-state index contributed by atoms with van der Waals surface area (Å²) in [5, 5.41) is 4.64. The molecular weight excluding hydrogens is 243 g/mol. The Morgan fingerprint density at radius 1 is 1.32 bits per heavy atom. The van der Waals surface area contributed by atoms with Gasteiger partial charge in [-0.2, -0.15) is 5.10 Å². The minimum absolute atomic E-state index is 0.172. The first-order valence-corrected chi connectivity index (χ1v) is 6.46. The zero-order valence-electron chi connectivity index (χ0n) is 11.4. The molecule has 1 aliphatic rings. The van der Waals surface area contributed by atoms with Gasteiger partial charge >= 0.3 is 0 Å². The molecule has 3 rings (SSSR count). The third-order valence-electron chi connectivity index (χ3n) is 3.92. The van der Waals surface area contributed by atoms with Crippen LogP contribution in [-0.4, -0.2) is 15.4 Å². The van der Waals surface area contributed by atoms with Crippen LogP contribution in [0.1, 0.15) is 32.5 Å². The highest BCUT2D eigenvalue weighted by atomic mass is 19.1. The lowest BCUT2D eigenvalue weighted by Gasteiger charge is -2.37. The van der Waals surface area contributed by atoms with Gasteiger partial charge in [-0.15, -0.1) is 0 Å². The van der Waals surface area contributed by atoms with E-state index in [-0.39, 0.29) is 17.5 Å². The van der Waals surface area contributed by atoms with E-state index in [4.69, 9.17) is 4.74 Å². The molecule has 4 heteroatoms. The molecule has 0 N–H and O–H groups in total. The van der Waals surface area contributed by atoms with Crippen molar-refractivity contribution in [3.8, 4) is 11.3 Å². The molecule has 0 spiro atoms. The number of halogens is 1. The molecule has 1 unspecified atom stereocenters. The van der Waals surface area contributed by atoms with Crippen LogP contribution in [0.3, 0.4) is 0 Å². The predicted octanol–water partition coefficient (Wildman–Crippen LogP) is 3.56. The van der Waals surface area contributed by atoms with Crippen molar-refractivity contribution >= 4 is 0 Å². The van der Waals surface area contributed by atoms with E-state index >= 15 is 0 Å². The van der Waals surface area contributed by atoms with Crippen LogP contribution >= 0.6 is 0 Å². The first-order chi connectivity index (χ1) is 8.97. The molecule has 0 saturated heterocycles. The van der Waals surface area contributed by atoms with Gasteiger partial charge in [0.25, 0.3) is 0 Å². The number of ether oxygens (including phenoxy) is 1. The zero-order valence-corrected chi connectivity index (χ0v) is 11.4. The van der Waals surface area contributed by atoms with Crippen molar-refractivity contribution in [2.45, 2.75) is 39.0 Å². The lowest BCUT2D eigenvalue weighted by Crippen LogP contribution is -2.39. The number of rotatable bonds is 1. The van der Waals surface area contributed by atoms with E-state index in [1.165, 1.54) is 12.1 Å². The molecule has 0 fully saturated rings.